The van der Waals surface area contributed by atoms with Gasteiger partial charge in [0.15, 0.2) is 23.1 Å². The molecule has 97 heavy (non-hydrogen) atoms. The van der Waals surface area contributed by atoms with Crippen LogP contribution in [0.5, 0.6) is 0 Å². The quantitative estimate of drug-likeness (QED) is 0.0638. The molecular weight excluding hydrogens is 1930 g/mol. The van der Waals surface area contributed by atoms with Gasteiger partial charge in [0.2, 0.25) is 0 Å². The van der Waals surface area contributed by atoms with E-state index in [1.54, 1.807) is 0 Å². The minimum atomic E-state index is -0.125. The van der Waals surface area contributed by atoms with Crippen LogP contribution < -0.4 is 0 Å². The molecule has 4 N–H and O–H groups in total. The first-order chi connectivity index (χ1) is 44.6. The number of aliphatic hydroxyl groups is 4. The summed E-state index contributed by atoms with van der Waals surface area (Å²) in [7, 11) is 0. The van der Waals surface area contributed by atoms with Gasteiger partial charge in [0.25, 0.3) is 0 Å². The summed E-state index contributed by atoms with van der Waals surface area (Å²) in [5.41, 5.74) is 13.0. The van der Waals surface area contributed by atoms with Crippen molar-refractivity contribution >= 4 is 72.1 Å². The van der Waals surface area contributed by atoms with Crippen molar-refractivity contribution < 1.29 is 120 Å². The Morgan fingerprint density at radius 1 is 0.423 bits per heavy atom. The van der Waals surface area contributed by atoms with Crippen molar-refractivity contribution in [2.45, 2.75) is 88.5 Å². The van der Waals surface area contributed by atoms with Gasteiger partial charge < -0.3 is 35.4 Å². The van der Waals surface area contributed by atoms with E-state index in [4.69, 9.17) is 25.4 Å². The Kier molecular flexibility index (Phi) is 41.4. The van der Waals surface area contributed by atoms with Crippen LogP contribution in [0.4, 0.5) is 0 Å². The summed E-state index contributed by atoms with van der Waals surface area (Å²) in [6.07, 6.45) is 15.2. The summed E-state index contributed by atoms with van der Waals surface area (Å²) in [5.74, 6) is -0.250. The second-order valence-electron chi connectivity index (χ2n) is 21.4. The molecule has 16 heteroatoms. The van der Waals surface area contributed by atoms with Crippen molar-refractivity contribution in [3.63, 3.8) is 0 Å². The number of hydrogen-bond acceptors (Lipinski definition) is 12. The fraction of sp³-hybridized carbons (Fsp3) is 0.160. The standard InChI is InChI=1S/C17H14N.2C15H10N.C14H12N.4C5H8O2.4Ir/c1-12-9-13(2)11-15(10-12)17-8-7-14-5-3-4-6-16(14)18-17;1-2-8-13-12(6-1)7-5-9-14(13)15-10-3-4-11-16-15;1-2-7-13(8-3-1)15-14-9-5-4-6-12(14)10-11-16-15;1-2-6-11(5-1)14-10-9-12-7-3-4-8-13(12)15-14;4*1-4(6)3-5(2)7;;;;/h3-10H,1-2H3;1-8,10-11H;1-7,9-11H;3-4,7-10H,1-2,5H2;4*3,6H,1-2H3;;;;/q4*-1;;;;;;;;. The molecule has 12 nitrogen and oxygen atoms in total. The summed E-state index contributed by atoms with van der Waals surface area (Å²) in [5, 5.41) is 40.6. The Morgan fingerprint density at radius 3 is 1.36 bits per heavy atom. The van der Waals surface area contributed by atoms with Crippen molar-refractivity contribution in [3.05, 3.63) is 295 Å². The fourth-order valence-electron chi connectivity index (χ4n) is 9.23. The van der Waals surface area contributed by atoms with Crippen molar-refractivity contribution in [2.75, 3.05) is 0 Å². The first kappa shape index (κ1) is 86.4. The van der Waals surface area contributed by atoms with Crippen LogP contribution in [0.15, 0.2) is 254 Å². The maximum Gasteiger partial charge on any atom is 0.155 e. The number of pyridine rings is 4. The van der Waals surface area contributed by atoms with Crippen LogP contribution in [0.25, 0.3) is 82.7 Å². The summed E-state index contributed by atoms with van der Waals surface area (Å²) in [6, 6.07) is 75.4. The van der Waals surface area contributed by atoms with E-state index in [-0.39, 0.29) is 127 Å². The monoisotopic (exact) mass is 2010 g/mol. The molecule has 0 atom stereocenters. The Bertz CT molecular complexity index is 4190. The smallest absolute Gasteiger partial charge is 0.155 e. The number of hydrogen-bond donors (Lipinski definition) is 4. The van der Waals surface area contributed by atoms with Crippen molar-refractivity contribution in [1.82, 2.24) is 19.9 Å². The molecular formula is C81H78Ir4N4O8-4. The van der Waals surface area contributed by atoms with Gasteiger partial charge in [-0.25, -0.2) is 0 Å². The van der Waals surface area contributed by atoms with E-state index in [1.165, 1.54) is 130 Å². The molecule has 0 saturated carbocycles. The molecule has 4 radical (unpaired) electrons. The average Bonchev–Trinajstić information content (AvgIpc) is 1.69. The van der Waals surface area contributed by atoms with Crippen LogP contribution in [0.3, 0.4) is 0 Å². The molecule has 0 spiro atoms. The number of fused-ring (bicyclic) bond motifs is 4. The fourth-order valence-corrected chi connectivity index (χ4v) is 9.23. The van der Waals surface area contributed by atoms with Gasteiger partial charge in [-0.2, -0.15) is 5.57 Å². The zero-order chi connectivity index (χ0) is 67.7. The second-order valence-corrected chi connectivity index (χ2v) is 21.4. The third kappa shape index (κ3) is 32.3. The molecule has 4 aromatic heterocycles. The van der Waals surface area contributed by atoms with E-state index in [2.05, 4.69) is 138 Å². The topological polar surface area (TPSA) is 201 Å². The van der Waals surface area contributed by atoms with Crippen molar-refractivity contribution in [2.24, 2.45) is 0 Å². The molecule has 12 rings (SSSR count). The molecule has 11 aromatic rings. The van der Waals surface area contributed by atoms with E-state index >= 15 is 0 Å². The first-order valence-electron chi connectivity index (χ1n) is 30.0. The van der Waals surface area contributed by atoms with Gasteiger partial charge in [-0.15, -0.1) is 112 Å². The van der Waals surface area contributed by atoms with E-state index in [1.807, 2.05) is 122 Å². The predicted octanol–water partition coefficient (Wildman–Crippen LogP) is 19.5. The molecule has 0 fully saturated rings. The van der Waals surface area contributed by atoms with Gasteiger partial charge in [0.05, 0.1) is 28.6 Å². The number of benzene rings is 7. The van der Waals surface area contributed by atoms with Gasteiger partial charge >= 0.3 is 0 Å². The minimum Gasteiger partial charge on any atom is -0.512 e. The molecule has 4 heterocycles. The van der Waals surface area contributed by atoms with Crippen LogP contribution in [0.2, 0.25) is 0 Å². The van der Waals surface area contributed by atoms with Crippen LogP contribution in [0, 0.1) is 38.1 Å². The average molecular weight is 2000 g/mol. The van der Waals surface area contributed by atoms with Gasteiger partial charge in [-0.1, -0.05) is 153 Å². The first-order valence-corrected chi connectivity index (χ1v) is 30.0. The summed E-state index contributed by atoms with van der Waals surface area (Å²) in [4.78, 5) is 58.2. The largest absolute Gasteiger partial charge is 0.512 e. The van der Waals surface area contributed by atoms with Gasteiger partial charge in [-0.05, 0) is 118 Å². The number of carbonyl (C=O) groups is 4. The van der Waals surface area contributed by atoms with E-state index in [0.29, 0.717) is 0 Å². The molecule has 510 valence electrons. The van der Waals surface area contributed by atoms with Crippen LogP contribution >= 0.6 is 0 Å². The summed E-state index contributed by atoms with van der Waals surface area (Å²) >= 11 is 0. The number of nitrogens with zero attached hydrogens (tertiary/aromatic N) is 4. The molecule has 0 aliphatic heterocycles. The Morgan fingerprint density at radius 2 is 0.897 bits per heavy atom. The molecule has 1 aliphatic rings. The van der Waals surface area contributed by atoms with E-state index in [9.17, 15) is 19.2 Å². The molecule has 0 amide bonds. The third-order valence-corrected chi connectivity index (χ3v) is 12.8. The zero-order valence-electron chi connectivity index (χ0n) is 55.6. The van der Waals surface area contributed by atoms with Crippen LogP contribution in [-0.4, -0.2) is 63.5 Å². The maximum absolute atomic E-state index is 10.0. The molecule has 7 aromatic carbocycles. The maximum atomic E-state index is 10.0. The van der Waals surface area contributed by atoms with Gasteiger partial charge in [0, 0.05) is 123 Å². The second kappa shape index (κ2) is 46.5. The van der Waals surface area contributed by atoms with Crippen molar-refractivity contribution in [3.8, 4) is 33.8 Å². The third-order valence-electron chi connectivity index (χ3n) is 12.8. The van der Waals surface area contributed by atoms with Crippen LogP contribution in [-0.2, 0) is 99.6 Å². The number of rotatable bonds is 8. The number of ketones is 4. The number of carbonyl (C=O) groups excluding carboxylic acids is 4. The number of aryl methyl sites for hydroxylation is 2. The minimum absolute atomic E-state index is 0. The Labute approximate surface area is 624 Å². The number of aliphatic hydroxyl groups excluding tert-OH is 4. The molecule has 1 aliphatic carbocycles. The zero-order valence-corrected chi connectivity index (χ0v) is 65.2. The predicted molar refractivity (Wildman–Crippen MR) is 378 cm³/mol. The van der Waals surface area contributed by atoms with Gasteiger partial charge in [-0.3, -0.25) is 30.2 Å². The summed E-state index contributed by atoms with van der Waals surface area (Å²) in [6.45, 7) is 15.6. The van der Waals surface area contributed by atoms with Crippen molar-refractivity contribution in [1.29, 1.82) is 0 Å². The van der Waals surface area contributed by atoms with E-state index < -0.39 is 0 Å². The molecule has 0 saturated heterocycles. The van der Waals surface area contributed by atoms with Crippen LogP contribution in [0.1, 0.15) is 91.5 Å². The number of para-hydroxylation sites is 2. The number of allylic oxidation sites excluding steroid dienone is 10. The van der Waals surface area contributed by atoms with Gasteiger partial charge in [0.1, 0.15) is 0 Å². The molecule has 0 bridgehead atoms. The summed E-state index contributed by atoms with van der Waals surface area (Å²) < 4.78 is 0. The SMILES string of the molecule is CC(=O)C=C(C)O.CC(=O)C=C(C)O.CC(=O)C=C(C)O.CC(=O)C=C(C)O.Cc1[c-]c(-c2ccc3ccccc3n2)cc(C)c1.[C-]1=C(c2ccc3ccccc3n2)CCC1.[Ir].[Ir].[Ir].[Ir].[c-]1ccc2ccccc2c1-c1ccccn1.[c-]1ccccc1-c1nccc2ccccc12. The van der Waals surface area contributed by atoms with E-state index in [0.717, 1.165) is 68.9 Å². The Balaban J connectivity index is 0.000000568. The normalized spacial score (nSPS) is 11.2. The number of aromatic nitrogens is 4. The Hall–Kier alpha value is -8.64. The molecule has 0 unspecified atom stereocenters.